The first-order chi connectivity index (χ1) is 20.0. The number of hydrogen-bond donors (Lipinski definition) is 0. The molecule has 0 saturated heterocycles. The van der Waals surface area contributed by atoms with Crippen LogP contribution in [0.15, 0.2) is 11.8 Å². The van der Waals surface area contributed by atoms with Gasteiger partial charge in [-0.2, -0.15) is 0 Å². The topological polar surface area (TPSA) is 55.8 Å². The number of allylic oxidation sites excluding steroid dienone is 2. The zero-order chi connectivity index (χ0) is 30.0. The minimum Gasteiger partial charge on any atom is -0.469 e. The third-order valence-corrected chi connectivity index (χ3v) is 8.66. The monoisotopic (exact) mass is 578 g/mol. The SMILES string of the molecule is CCCCCC/C=C(\CCCCCCCCCCC1CC1CCCCCCCC(=O)OC)OC(=O)CCCN(C)C. The fourth-order valence-corrected chi connectivity index (χ4v) is 5.86. The predicted octanol–water partition coefficient (Wildman–Crippen LogP) is 10.2. The summed E-state index contributed by atoms with van der Waals surface area (Å²) in [6.07, 6.45) is 32.1. The number of carbonyl (C=O) groups excluding carboxylic acids is 2. The van der Waals surface area contributed by atoms with Crippen LogP contribution in [0, 0.1) is 11.8 Å². The van der Waals surface area contributed by atoms with E-state index in [4.69, 9.17) is 9.47 Å². The van der Waals surface area contributed by atoms with Crippen molar-refractivity contribution in [3.8, 4) is 0 Å². The Hall–Kier alpha value is -1.36. The lowest BCUT2D eigenvalue weighted by Crippen LogP contribution is -2.15. The highest BCUT2D eigenvalue weighted by Gasteiger charge is 2.34. The van der Waals surface area contributed by atoms with E-state index in [2.05, 4.69) is 17.9 Å². The smallest absolute Gasteiger partial charge is 0.310 e. The molecule has 1 fully saturated rings. The molecule has 1 aliphatic rings. The first kappa shape index (κ1) is 37.7. The van der Waals surface area contributed by atoms with Crippen molar-refractivity contribution in [1.29, 1.82) is 0 Å². The highest BCUT2D eigenvalue weighted by molar-refractivity contribution is 5.70. The first-order valence-corrected chi connectivity index (χ1v) is 17.6. The molecule has 0 aromatic heterocycles. The molecule has 0 spiro atoms. The van der Waals surface area contributed by atoms with Gasteiger partial charge in [0.25, 0.3) is 0 Å². The number of hydrogen-bond acceptors (Lipinski definition) is 5. The van der Waals surface area contributed by atoms with Crippen molar-refractivity contribution in [2.24, 2.45) is 11.8 Å². The van der Waals surface area contributed by atoms with E-state index in [-0.39, 0.29) is 11.9 Å². The van der Waals surface area contributed by atoms with Gasteiger partial charge in [0.2, 0.25) is 0 Å². The molecule has 0 aromatic rings. The molecule has 0 amide bonds. The van der Waals surface area contributed by atoms with Gasteiger partial charge in [0.1, 0.15) is 5.76 Å². The summed E-state index contributed by atoms with van der Waals surface area (Å²) >= 11 is 0. The van der Waals surface area contributed by atoms with E-state index >= 15 is 0 Å². The molecule has 0 radical (unpaired) electrons. The number of ether oxygens (including phenoxy) is 2. The second-order valence-corrected chi connectivity index (χ2v) is 12.9. The average Bonchev–Trinajstić information content (AvgIpc) is 3.70. The van der Waals surface area contributed by atoms with Crippen molar-refractivity contribution in [3.05, 3.63) is 11.8 Å². The Labute approximate surface area is 254 Å². The van der Waals surface area contributed by atoms with E-state index in [1.165, 1.54) is 116 Å². The van der Waals surface area contributed by atoms with Crippen LogP contribution in [0.1, 0.15) is 167 Å². The molecule has 5 nitrogen and oxygen atoms in total. The van der Waals surface area contributed by atoms with Crippen molar-refractivity contribution >= 4 is 11.9 Å². The summed E-state index contributed by atoms with van der Waals surface area (Å²) in [6, 6.07) is 0. The van der Waals surface area contributed by atoms with E-state index in [9.17, 15) is 9.59 Å². The van der Waals surface area contributed by atoms with Gasteiger partial charge in [-0.15, -0.1) is 0 Å². The molecule has 0 bridgehead atoms. The predicted molar refractivity (Wildman–Crippen MR) is 173 cm³/mol. The van der Waals surface area contributed by atoms with Gasteiger partial charge in [-0.3, -0.25) is 9.59 Å². The van der Waals surface area contributed by atoms with Crippen molar-refractivity contribution in [2.45, 2.75) is 167 Å². The molecule has 0 heterocycles. The molecule has 2 atom stereocenters. The second kappa shape index (κ2) is 26.3. The van der Waals surface area contributed by atoms with Crippen LogP contribution in [0.2, 0.25) is 0 Å². The third kappa shape index (κ3) is 23.8. The maximum absolute atomic E-state index is 12.3. The molecule has 0 N–H and O–H groups in total. The van der Waals surface area contributed by atoms with Crippen LogP contribution in [0.5, 0.6) is 0 Å². The largest absolute Gasteiger partial charge is 0.469 e. The van der Waals surface area contributed by atoms with Gasteiger partial charge >= 0.3 is 11.9 Å². The van der Waals surface area contributed by atoms with Crippen molar-refractivity contribution in [2.75, 3.05) is 27.7 Å². The van der Waals surface area contributed by atoms with Gasteiger partial charge < -0.3 is 14.4 Å². The lowest BCUT2D eigenvalue weighted by atomic mass is 10.0. The van der Waals surface area contributed by atoms with E-state index in [1.54, 1.807) is 0 Å². The summed E-state index contributed by atoms with van der Waals surface area (Å²) in [5, 5.41) is 0. The number of esters is 2. The van der Waals surface area contributed by atoms with E-state index in [1.807, 2.05) is 14.1 Å². The third-order valence-electron chi connectivity index (χ3n) is 8.66. The summed E-state index contributed by atoms with van der Waals surface area (Å²) in [5.74, 6) is 2.82. The van der Waals surface area contributed by atoms with Gasteiger partial charge in [0, 0.05) is 19.3 Å². The van der Waals surface area contributed by atoms with Crippen LogP contribution in [0.4, 0.5) is 0 Å². The van der Waals surface area contributed by atoms with Crippen LogP contribution in [-0.4, -0.2) is 44.6 Å². The Bertz CT molecular complexity index is 674. The molecule has 41 heavy (non-hydrogen) atoms. The highest BCUT2D eigenvalue weighted by Crippen LogP contribution is 2.45. The Kier molecular flexibility index (Phi) is 24.1. The number of nitrogens with zero attached hydrogens (tertiary/aromatic N) is 1. The Morgan fingerprint density at radius 1 is 0.659 bits per heavy atom. The Balaban J connectivity index is 2.00. The molecule has 1 rings (SSSR count). The van der Waals surface area contributed by atoms with Crippen LogP contribution in [-0.2, 0) is 19.1 Å². The molecule has 0 aromatic carbocycles. The number of rotatable bonds is 29. The molecule has 240 valence electrons. The fraction of sp³-hybridized carbons (Fsp3) is 0.889. The zero-order valence-corrected chi connectivity index (χ0v) is 27.7. The van der Waals surface area contributed by atoms with Crippen molar-refractivity contribution in [3.63, 3.8) is 0 Å². The summed E-state index contributed by atoms with van der Waals surface area (Å²) in [5.41, 5.74) is 0. The fourth-order valence-electron chi connectivity index (χ4n) is 5.86. The molecule has 1 aliphatic carbocycles. The van der Waals surface area contributed by atoms with E-state index in [0.717, 1.165) is 62.7 Å². The van der Waals surface area contributed by atoms with Crippen molar-refractivity contribution < 1.29 is 19.1 Å². The summed E-state index contributed by atoms with van der Waals surface area (Å²) in [4.78, 5) is 25.6. The van der Waals surface area contributed by atoms with Crippen molar-refractivity contribution in [1.82, 2.24) is 4.90 Å². The maximum Gasteiger partial charge on any atom is 0.310 e. The zero-order valence-electron chi connectivity index (χ0n) is 27.7. The molecule has 5 heteroatoms. The van der Waals surface area contributed by atoms with Crippen LogP contribution >= 0.6 is 0 Å². The minimum atomic E-state index is -0.0706. The number of methoxy groups -OCH3 is 1. The highest BCUT2D eigenvalue weighted by atomic mass is 16.5. The molecule has 2 unspecified atom stereocenters. The normalized spacial score (nSPS) is 16.8. The quantitative estimate of drug-likeness (QED) is 0.0503. The average molecular weight is 578 g/mol. The van der Waals surface area contributed by atoms with Crippen LogP contribution < -0.4 is 0 Å². The maximum atomic E-state index is 12.3. The van der Waals surface area contributed by atoms with Gasteiger partial charge in [-0.1, -0.05) is 110 Å². The van der Waals surface area contributed by atoms with Crippen LogP contribution in [0.25, 0.3) is 0 Å². The minimum absolute atomic E-state index is 0.0618. The van der Waals surface area contributed by atoms with Gasteiger partial charge in [0.05, 0.1) is 7.11 Å². The lowest BCUT2D eigenvalue weighted by molar-refractivity contribution is -0.141. The standard InChI is InChI=1S/C36H67NO4/c1-5-6-7-13-20-26-34(41-36(39)29-23-30-37(2)3)27-21-16-11-9-8-10-14-18-24-32-31-33(32)25-19-15-12-17-22-28-35(38)40-4/h26,32-33H,5-25,27-31H2,1-4H3/b34-26+. The summed E-state index contributed by atoms with van der Waals surface area (Å²) < 4.78 is 10.5. The first-order valence-electron chi connectivity index (χ1n) is 17.6. The van der Waals surface area contributed by atoms with E-state index < -0.39 is 0 Å². The summed E-state index contributed by atoms with van der Waals surface area (Å²) in [6.45, 7) is 3.17. The molecule has 1 saturated carbocycles. The molecule has 0 aliphatic heterocycles. The van der Waals surface area contributed by atoms with Gasteiger partial charge in [0.15, 0.2) is 0 Å². The lowest BCUT2D eigenvalue weighted by Gasteiger charge is -2.11. The summed E-state index contributed by atoms with van der Waals surface area (Å²) in [7, 11) is 5.56. The second-order valence-electron chi connectivity index (χ2n) is 12.9. The Morgan fingerprint density at radius 3 is 1.73 bits per heavy atom. The van der Waals surface area contributed by atoms with Crippen LogP contribution in [0.3, 0.4) is 0 Å². The van der Waals surface area contributed by atoms with Gasteiger partial charge in [-0.05, 0) is 77.1 Å². The molecular weight excluding hydrogens is 510 g/mol. The number of carbonyl (C=O) groups is 2. The van der Waals surface area contributed by atoms with Gasteiger partial charge in [-0.25, -0.2) is 0 Å². The molecular formula is C36H67NO4. The Morgan fingerprint density at radius 2 is 1.17 bits per heavy atom. The number of unbranched alkanes of at least 4 members (excludes halogenated alkanes) is 15. The van der Waals surface area contributed by atoms with E-state index in [0.29, 0.717) is 12.8 Å².